The summed E-state index contributed by atoms with van der Waals surface area (Å²) in [5.74, 6) is 0.355. The Morgan fingerprint density at radius 2 is 1.90 bits per heavy atom. The van der Waals surface area contributed by atoms with Gasteiger partial charge in [-0.05, 0) is 84.5 Å². The second-order valence-electron chi connectivity index (χ2n) is 6.83. The van der Waals surface area contributed by atoms with Gasteiger partial charge in [-0.3, -0.25) is 19.5 Å². The SMILES string of the molecule is Cc1ccc(-n2c(/C=C/c3ccc([N+](=O)[O-])o3)nc3ccc(I)cc3c2=O)c(C)c1. The van der Waals surface area contributed by atoms with Gasteiger partial charge in [0.1, 0.15) is 16.5 Å². The zero-order valence-corrected chi connectivity index (χ0v) is 18.3. The Morgan fingerprint density at radius 3 is 2.60 bits per heavy atom. The van der Waals surface area contributed by atoms with E-state index in [2.05, 4.69) is 27.6 Å². The van der Waals surface area contributed by atoms with Crippen LogP contribution in [0.15, 0.2) is 57.7 Å². The van der Waals surface area contributed by atoms with Crippen LogP contribution in [0.25, 0.3) is 28.7 Å². The Bertz CT molecular complexity index is 1390. The molecule has 0 bridgehead atoms. The standard InChI is InChI=1S/C22H16IN3O4/c1-13-3-8-19(14(2)11-13)25-20(9-5-16-6-10-21(30-16)26(28)29)24-18-7-4-15(23)12-17(18)22(25)27/h3-12H,1-2H3/b9-5+. The quantitative estimate of drug-likeness (QED) is 0.211. The van der Waals surface area contributed by atoms with Crippen LogP contribution in [0.4, 0.5) is 5.88 Å². The number of nitrogens with zero attached hydrogens (tertiary/aromatic N) is 3. The van der Waals surface area contributed by atoms with Gasteiger partial charge in [-0.25, -0.2) is 4.98 Å². The summed E-state index contributed by atoms with van der Waals surface area (Å²) in [6.45, 7) is 3.93. The summed E-state index contributed by atoms with van der Waals surface area (Å²) in [6, 6.07) is 14.1. The van der Waals surface area contributed by atoms with Gasteiger partial charge in [-0.2, -0.15) is 0 Å². The van der Waals surface area contributed by atoms with Crippen molar-refractivity contribution >= 4 is 51.5 Å². The summed E-state index contributed by atoms with van der Waals surface area (Å²) in [7, 11) is 0. The fraction of sp³-hybridized carbons (Fsp3) is 0.0909. The summed E-state index contributed by atoms with van der Waals surface area (Å²) in [5, 5.41) is 11.4. The average molecular weight is 513 g/mol. The normalized spacial score (nSPS) is 11.4. The number of fused-ring (bicyclic) bond motifs is 1. The highest BCUT2D eigenvalue weighted by Gasteiger charge is 2.14. The number of nitro groups is 1. The van der Waals surface area contributed by atoms with Gasteiger partial charge < -0.3 is 4.42 Å². The van der Waals surface area contributed by atoms with E-state index >= 15 is 0 Å². The van der Waals surface area contributed by atoms with Gasteiger partial charge >= 0.3 is 5.88 Å². The monoisotopic (exact) mass is 513 g/mol. The third-order valence-corrected chi connectivity index (χ3v) is 5.31. The van der Waals surface area contributed by atoms with Crippen LogP contribution in [0.2, 0.25) is 0 Å². The van der Waals surface area contributed by atoms with E-state index in [0.717, 1.165) is 20.4 Å². The number of hydrogen-bond acceptors (Lipinski definition) is 5. The molecule has 2 aromatic heterocycles. The van der Waals surface area contributed by atoms with Crippen molar-refractivity contribution in [3.05, 3.63) is 95.3 Å². The van der Waals surface area contributed by atoms with Gasteiger partial charge in [0.2, 0.25) is 0 Å². The lowest BCUT2D eigenvalue weighted by molar-refractivity contribution is -0.402. The molecule has 2 heterocycles. The van der Waals surface area contributed by atoms with Crippen molar-refractivity contribution < 1.29 is 9.34 Å². The number of benzene rings is 2. The van der Waals surface area contributed by atoms with E-state index in [1.54, 1.807) is 22.8 Å². The number of rotatable bonds is 4. The highest BCUT2D eigenvalue weighted by Crippen LogP contribution is 2.22. The predicted octanol–water partition coefficient (Wildman–Crippen LogP) is 5.28. The Labute approximate surface area is 185 Å². The number of halogens is 1. The maximum absolute atomic E-state index is 13.4. The van der Waals surface area contributed by atoms with Crippen LogP contribution in [0.3, 0.4) is 0 Å². The molecule has 2 aromatic carbocycles. The van der Waals surface area contributed by atoms with Crippen molar-refractivity contribution in [2.45, 2.75) is 13.8 Å². The molecule has 0 aliphatic rings. The van der Waals surface area contributed by atoms with Crippen LogP contribution in [0.1, 0.15) is 22.7 Å². The van der Waals surface area contributed by atoms with Gasteiger partial charge in [0.05, 0.1) is 22.7 Å². The lowest BCUT2D eigenvalue weighted by Gasteiger charge is -2.14. The maximum Gasteiger partial charge on any atom is 0.433 e. The van der Waals surface area contributed by atoms with Crippen molar-refractivity contribution in [3.63, 3.8) is 0 Å². The van der Waals surface area contributed by atoms with Crippen LogP contribution in [-0.4, -0.2) is 14.5 Å². The van der Waals surface area contributed by atoms with Gasteiger partial charge in [0.15, 0.2) is 0 Å². The molecule has 4 rings (SSSR count). The van der Waals surface area contributed by atoms with Crippen LogP contribution in [0.5, 0.6) is 0 Å². The Hall–Kier alpha value is -3.27. The second-order valence-corrected chi connectivity index (χ2v) is 8.07. The second kappa shape index (κ2) is 7.86. The Balaban J connectivity index is 1.94. The smallest absolute Gasteiger partial charge is 0.401 e. The number of hydrogen-bond donors (Lipinski definition) is 0. The Morgan fingerprint density at radius 1 is 1.10 bits per heavy atom. The molecule has 0 saturated heterocycles. The van der Waals surface area contributed by atoms with Crippen molar-refractivity contribution in [2.75, 3.05) is 0 Å². The third kappa shape index (κ3) is 3.78. The van der Waals surface area contributed by atoms with E-state index in [9.17, 15) is 14.9 Å². The molecule has 0 radical (unpaired) electrons. The summed E-state index contributed by atoms with van der Waals surface area (Å²) < 4.78 is 7.68. The molecule has 7 nitrogen and oxygen atoms in total. The molecule has 150 valence electrons. The summed E-state index contributed by atoms with van der Waals surface area (Å²) in [5.41, 5.74) is 3.14. The van der Waals surface area contributed by atoms with E-state index in [0.29, 0.717) is 22.5 Å². The molecular formula is C22H16IN3O4. The molecule has 8 heteroatoms. The fourth-order valence-electron chi connectivity index (χ4n) is 3.26. The molecule has 0 aliphatic heterocycles. The summed E-state index contributed by atoms with van der Waals surface area (Å²) in [6.07, 6.45) is 3.19. The maximum atomic E-state index is 13.4. The molecule has 0 amide bonds. The molecule has 30 heavy (non-hydrogen) atoms. The van der Waals surface area contributed by atoms with Crippen LogP contribution < -0.4 is 5.56 Å². The first-order valence-corrected chi connectivity index (χ1v) is 10.1. The molecule has 4 aromatic rings. The molecule has 0 spiro atoms. The average Bonchev–Trinajstić information content (AvgIpc) is 3.17. The minimum atomic E-state index is -0.598. The van der Waals surface area contributed by atoms with E-state index in [1.165, 1.54) is 12.1 Å². The minimum absolute atomic E-state index is 0.185. The highest BCUT2D eigenvalue weighted by molar-refractivity contribution is 14.1. The molecule has 0 unspecified atom stereocenters. The lowest BCUT2D eigenvalue weighted by Crippen LogP contribution is -2.23. The molecule has 0 fully saturated rings. The predicted molar refractivity (Wildman–Crippen MR) is 124 cm³/mol. The lowest BCUT2D eigenvalue weighted by atomic mass is 10.1. The van der Waals surface area contributed by atoms with Crippen molar-refractivity contribution in [1.82, 2.24) is 9.55 Å². The molecule has 0 atom stereocenters. The topological polar surface area (TPSA) is 91.2 Å². The minimum Gasteiger partial charge on any atom is -0.401 e. The molecular weight excluding hydrogens is 497 g/mol. The summed E-state index contributed by atoms with van der Waals surface area (Å²) >= 11 is 2.17. The van der Waals surface area contributed by atoms with Crippen LogP contribution >= 0.6 is 22.6 Å². The molecule has 0 saturated carbocycles. The highest BCUT2D eigenvalue weighted by atomic mass is 127. The first kappa shape index (κ1) is 20.0. The van der Waals surface area contributed by atoms with Crippen molar-refractivity contribution in [2.24, 2.45) is 0 Å². The van der Waals surface area contributed by atoms with Gasteiger partial charge in [-0.1, -0.05) is 17.7 Å². The van der Waals surface area contributed by atoms with E-state index < -0.39 is 4.92 Å². The van der Waals surface area contributed by atoms with Gasteiger partial charge in [0.25, 0.3) is 5.56 Å². The van der Waals surface area contributed by atoms with E-state index in [1.807, 2.05) is 44.2 Å². The van der Waals surface area contributed by atoms with E-state index in [4.69, 9.17) is 4.42 Å². The fourth-order valence-corrected chi connectivity index (χ4v) is 3.75. The number of furan rings is 1. The largest absolute Gasteiger partial charge is 0.433 e. The molecule has 0 N–H and O–H groups in total. The van der Waals surface area contributed by atoms with Crippen molar-refractivity contribution in [1.29, 1.82) is 0 Å². The van der Waals surface area contributed by atoms with Gasteiger partial charge in [-0.15, -0.1) is 0 Å². The zero-order chi connectivity index (χ0) is 21.4. The number of aryl methyl sites for hydroxylation is 2. The van der Waals surface area contributed by atoms with E-state index in [-0.39, 0.29) is 11.4 Å². The van der Waals surface area contributed by atoms with Gasteiger partial charge in [0, 0.05) is 3.57 Å². The summed E-state index contributed by atoms with van der Waals surface area (Å²) in [4.78, 5) is 28.3. The van der Waals surface area contributed by atoms with Crippen LogP contribution in [0, 0.1) is 27.5 Å². The number of aromatic nitrogens is 2. The van der Waals surface area contributed by atoms with Crippen molar-refractivity contribution in [3.8, 4) is 5.69 Å². The van der Waals surface area contributed by atoms with Crippen LogP contribution in [-0.2, 0) is 0 Å². The molecule has 0 aliphatic carbocycles. The Kier molecular flexibility index (Phi) is 5.25. The first-order valence-electron chi connectivity index (χ1n) is 9.06. The third-order valence-electron chi connectivity index (χ3n) is 4.64. The zero-order valence-electron chi connectivity index (χ0n) is 16.1. The first-order chi connectivity index (χ1) is 14.3.